The van der Waals surface area contributed by atoms with E-state index < -0.39 is 0 Å². The van der Waals surface area contributed by atoms with Crippen LogP contribution in [-0.2, 0) is 13.0 Å². The fourth-order valence-corrected chi connectivity index (χ4v) is 5.89. The summed E-state index contributed by atoms with van der Waals surface area (Å²) in [7, 11) is 1.70. The second-order valence-electron chi connectivity index (χ2n) is 11.0. The number of likely N-dealkylation sites (tertiary alicyclic amines) is 1. The Kier molecular flexibility index (Phi) is 8.90. The van der Waals surface area contributed by atoms with Gasteiger partial charge in [0.1, 0.15) is 11.4 Å². The molecule has 0 saturated carbocycles. The Balaban J connectivity index is 1.03. The van der Waals surface area contributed by atoms with Gasteiger partial charge in [0, 0.05) is 37.9 Å². The maximum atomic E-state index is 12.9. The number of rotatable bonds is 9. The lowest BCUT2D eigenvalue weighted by Gasteiger charge is -2.33. The van der Waals surface area contributed by atoms with Crippen molar-refractivity contribution in [2.45, 2.75) is 45.1 Å². The molecule has 2 fully saturated rings. The summed E-state index contributed by atoms with van der Waals surface area (Å²) in [6.07, 6.45) is 7.93. The summed E-state index contributed by atoms with van der Waals surface area (Å²) in [5.41, 5.74) is 5.02. The van der Waals surface area contributed by atoms with E-state index in [0.717, 1.165) is 70.6 Å². The quantitative estimate of drug-likeness (QED) is 0.326. The van der Waals surface area contributed by atoms with E-state index >= 15 is 0 Å². The van der Waals surface area contributed by atoms with Gasteiger partial charge < -0.3 is 9.64 Å². The predicted molar refractivity (Wildman–Crippen MR) is 154 cm³/mol. The van der Waals surface area contributed by atoms with Gasteiger partial charge in [0.15, 0.2) is 5.78 Å². The average Bonchev–Trinajstić information content (AvgIpc) is 2.99. The number of nitrogens with zero attached hydrogens (tertiary/aromatic N) is 4. The molecule has 3 aromatic rings. The number of benzene rings is 2. The van der Waals surface area contributed by atoms with E-state index in [0.29, 0.717) is 29.5 Å². The third kappa shape index (κ3) is 7.25. The van der Waals surface area contributed by atoms with Crippen LogP contribution in [0.15, 0.2) is 66.9 Å². The van der Waals surface area contributed by atoms with E-state index in [1.807, 2.05) is 48.7 Å². The molecule has 6 heteroatoms. The van der Waals surface area contributed by atoms with Crippen molar-refractivity contribution in [2.75, 3.05) is 38.2 Å². The second kappa shape index (κ2) is 12.9. The molecule has 0 atom stereocenters. The molecule has 2 aliphatic heterocycles. The first-order valence-corrected chi connectivity index (χ1v) is 14.2. The van der Waals surface area contributed by atoms with Gasteiger partial charge in [-0.1, -0.05) is 18.2 Å². The number of carbonyl (C=O) groups excluding carboxylic acids is 1. The summed E-state index contributed by atoms with van der Waals surface area (Å²) in [4.78, 5) is 22.4. The fourth-order valence-electron chi connectivity index (χ4n) is 5.89. The number of ketones is 1. The number of Topliss-reactive ketones (excluding diaryl/α,β-unsaturated/α-hetero) is 1. The molecule has 0 amide bonds. The second-order valence-corrected chi connectivity index (χ2v) is 11.0. The van der Waals surface area contributed by atoms with Crippen molar-refractivity contribution >= 4 is 11.5 Å². The number of nitriles is 1. The van der Waals surface area contributed by atoms with E-state index in [2.05, 4.69) is 39.1 Å². The lowest BCUT2D eigenvalue weighted by molar-refractivity contribution is 0.0920. The molecule has 1 aromatic heterocycles. The Bertz CT molecular complexity index is 1250. The minimum atomic E-state index is 0.167. The minimum Gasteiger partial charge on any atom is -0.497 e. The zero-order chi connectivity index (χ0) is 27.0. The van der Waals surface area contributed by atoms with Crippen molar-refractivity contribution in [3.05, 3.63) is 89.2 Å². The standard InChI is InChI=1S/C33H38N4O2/c1-39-31-9-7-30(8-10-31)37-18-14-25(15-19-37)20-29-6-11-32(35-23-29)33(38)21-26-12-16-36(17-13-26)24-28-4-2-27(22-34)3-5-28/h2-11,23,25-26H,12-21,24H2,1H3. The van der Waals surface area contributed by atoms with E-state index in [-0.39, 0.29) is 5.78 Å². The molecule has 2 aromatic carbocycles. The van der Waals surface area contributed by atoms with Gasteiger partial charge in [0.2, 0.25) is 0 Å². The van der Waals surface area contributed by atoms with Crippen LogP contribution in [0.2, 0.25) is 0 Å². The van der Waals surface area contributed by atoms with Gasteiger partial charge in [-0.05, 0) is 111 Å². The van der Waals surface area contributed by atoms with Crippen LogP contribution in [0.4, 0.5) is 5.69 Å². The topological polar surface area (TPSA) is 69.5 Å². The zero-order valence-electron chi connectivity index (χ0n) is 22.9. The number of hydrogen-bond acceptors (Lipinski definition) is 6. The highest BCUT2D eigenvalue weighted by Crippen LogP contribution is 2.28. The molecule has 2 saturated heterocycles. The predicted octanol–water partition coefficient (Wildman–Crippen LogP) is 5.91. The van der Waals surface area contributed by atoms with Crippen LogP contribution < -0.4 is 9.64 Å². The van der Waals surface area contributed by atoms with E-state index in [9.17, 15) is 4.79 Å². The van der Waals surface area contributed by atoms with Gasteiger partial charge in [-0.3, -0.25) is 14.7 Å². The van der Waals surface area contributed by atoms with Gasteiger partial charge in [-0.15, -0.1) is 0 Å². The molecule has 3 heterocycles. The van der Waals surface area contributed by atoms with Crippen molar-refractivity contribution in [1.82, 2.24) is 9.88 Å². The van der Waals surface area contributed by atoms with Gasteiger partial charge in [0.05, 0.1) is 18.7 Å². The number of piperidine rings is 2. The molecule has 0 radical (unpaired) electrons. The minimum absolute atomic E-state index is 0.167. The van der Waals surface area contributed by atoms with E-state index in [1.165, 1.54) is 16.8 Å². The third-order valence-electron chi connectivity index (χ3n) is 8.36. The lowest BCUT2D eigenvalue weighted by atomic mass is 9.89. The first-order chi connectivity index (χ1) is 19.1. The van der Waals surface area contributed by atoms with Crippen molar-refractivity contribution < 1.29 is 9.53 Å². The highest BCUT2D eigenvalue weighted by Gasteiger charge is 2.23. The Labute approximate surface area is 232 Å². The number of methoxy groups -OCH3 is 1. The van der Waals surface area contributed by atoms with Gasteiger partial charge in [0.25, 0.3) is 0 Å². The molecule has 0 N–H and O–H groups in total. The molecule has 0 unspecified atom stereocenters. The lowest BCUT2D eigenvalue weighted by Crippen LogP contribution is -2.34. The molecule has 0 bridgehead atoms. The average molecular weight is 523 g/mol. The maximum absolute atomic E-state index is 12.9. The maximum Gasteiger partial charge on any atom is 0.181 e. The molecule has 2 aliphatic rings. The Morgan fingerprint density at radius 2 is 1.56 bits per heavy atom. The fraction of sp³-hybridized carbons (Fsp3) is 0.424. The monoisotopic (exact) mass is 522 g/mol. The van der Waals surface area contributed by atoms with E-state index in [4.69, 9.17) is 10.00 Å². The summed E-state index contributed by atoms with van der Waals surface area (Å²) in [6.45, 7) is 5.03. The number of ether oxygens (including phenoxy) is 1. The largest absolute Gasteiger partial charge is 0.497 e. The molecular weight excluding hydrogens is 484 g/mol. The van der Waals surface area contributed by atoms with Crippen LogP contribution in [0.5, 0.6) is 5.75 Å². The molecule has 5 rings (SSSR count). The Hall–Kier alpha value is -3.69. The van der Waals surface area contributed by atoms with Crippen LogP contribution in [0.25, 0.3) is 0 Å². The number of anilines is 1. The van der Waals surface area contributed by atoms with Crippen LogP contribution in [0.1, 0.15) is 59.3 Å². The first-order valence-electron chi connectivity index (χ1n) is 14.2. The van der Waals surface area contributed by atoms with Crippen LogP contribution >= 0.6 is 0 Å². The van der Waals surface area contributed by atoms with Crippen molar-refractivity contribution in [1.29, 1.82) is 5.26 Å². The van der Waals surface area contributed by atoms with Crippen LogP contribution in [0, 0.1) is 23.2 Å². The first kappa shape index (κ1) is 26.9. The van der Waals surface area contributed by atoms with Gasteiger partial charge >= 0.3 is 0 Å². The van der Waals surface area contributed by atoms with Crippen molar-refractivity contribution in [3.63, 3.8) is 0 Å². The molecule has 202 valence electrons. The summed E-state index contributed by atoms with van der Waals surface area (Å²) in [5, 5.41) is 8.97. The van der Waals surface area contributed by atoms with E-state index in [1.54, 1.807) is 7.11 Å². The molecule has 39 heavy (non-hydrogen) atoms. The number of pyridine rings is 1. The summed E-state index contributed by atoms with van der Waals surface area (Å²) < 4.78 is 5.27. The number of hydrogen-bond donors (Lipinski definition) is 0. The van der Waals surface area contributed by atoms with Crippen LogP contribution in [-0.4, -0.2) is 49.0 Å². The zero-order valence-corrected chi connectivity index (χ0v) is 22.9. The third-order valence-corrected chi connectivity index (χ3v) is 8.36. The molecule has 6 nitrogen and oxygen atoms in total. The molecule has 0 spiro atoms. The van der Waals surface area contributed by atoms with Crippen molar-refractivity contribution in [2.24, 2.45) is 11.8 Å². The SMILES string of the molecule is COc1ccc(N2CCC(Cc3ccc(C(=O)CC4CCN(Cc5ccc(C#N)cc5)CC4)nc3)CC2)cc1. The smallest absolute Gasteiger partial charge is 0.181 e. The molecular formula is C33H38N4O2. The highest BCUT2D eigenvalue weighted by atomic mass is 16.5. The number of carbonyl (C=O) groups is 1. The Morgan fingerprint density at radius 3 is 2.18 bits per heavy atom. The van der Waals surface area contributed by atoms with Crippen molar-refractivity contribution in [3.8, 4) is 11.8 Å². The normalized spacial score (nSPS) is 17.1. The molecule has 0 aliphatic carbocycles. The Morgan fingerprint density at radius 1 is 0.897 bits per heavy atom. The van der Waals surface area contributed by atoms with Gasteiger partial charge in [-0.2, -0.15) is 5.26 Å². The van der Waals surface area contributed by atoms with Gasteiger partial charge in [-0.25, -0.2) is 0 Å². The number of aromatic nitrogens is 1. The summed E-state index contributed by atoms with van der Waals surface area (Å²) in [5.74, 6) is 2.13. The van der Waals surface area contributed by atoms with Crippen LogP contribution in [0.3, 0.4) is 0 Å². The summed E-state index contributed by atoms with van der Waals surface area (Å²) >= 11 is 0. The summed E-state index contributed by atoms with van der Waals surface area (Å²) in [6, 6.07) is 22.4. The highest BCUT2D eigenvalue weighted by molar-refractivity contribution is 5.94.